The topological polar surface area (TPSA) is 89.3 Å². The van der Waals surface area contributed by atoms with Gasteiger partial charge in [-0.3, -0.25) is 4.79 Å². The molecule has 1 aromatic heterocycles. The maximum Gasteiger partial charge on any atom is 0.266 e. The number of hydrogen-bond acceptors (Lipinski definition) is 4. The van der Waals surface area contributed by atoms with E-state index in [4.69, 9.17) is 5.14 Å². The maximum atomic E-state index is 12.3. The zero-order valence-corrected chi connectivity index (χ0v) is 14.8. The van der Waals surface area contributed by atoms with Crippen LogP contribution in [0, 0.1) is 6.92 Å². The number of sulfonamides is 1. The standard InChI is InChI=1S/C16H20N2O3S2/c1-3-4-5-12-6-8-13(9-7-12)18-16(19)15-11(2)10-14(22-15)23(17,20)21/h6-10H,3-5H2,1-2H3,(H,18,19)(H2,17,20,21). The normalized spacial score (nSPS) is 11.4. The second kappa shape index (κ2) is 7.25. The Morgan fingerprint density at radius 1 is 1.26 bits per heavy atom. The van der Waals surface area contributed by atoms with Crippen LogP contribution >= 0.6 is 11.3 Å². The lowest BCUT2D eigenvalue weighted by molar-refractivity contribution is 0.103. The first-order valence-corrected chi connectivity index (χ1v) is 9.71. The molecule has 7 heteroatoms. The number of nitrogens with one attached hydrogen (secondary N) is 1. The van der Waals surface area contributed by atoms with E-state index in [2.05, 4.69) is 12.2 Å². The van der Waals surface area contributed by atoms with Crippen LogP contribution in [0.5, 0.6) is 0 Å². The summed E-state index contributed by atoms with van der Waals surface area (Å²) in [6.45, 7) is 3.84. The number of aryl methyl sites for hydroxylation is 2. The molecule has 0 aliphatic rings. The molecular weight excluding hydrogens is 332 g/mol. The molecule has 0 spiro atoms. The van der Waals surface area contributed by atoms with Gasteiger partial charge >= 0.3 is 0 Å². The molecule has 124 valence electrons. The second-order valence-electron chi connectivity index (χ2n) is 5.38. The number of primary sulfonamides is 1. The van der Waals surface area contributed by atoms with Crippen molar-refractivity contribution in [2.75, 3.05) is 5.32 Å². The van der Waals surface area contributed by atoms with Gasteiger partial charge in [0.05, 0.1) is 4.88 Å². The van der Waals surface area contributed by atoms with Crippen LogP contribution in [-0.2, 0) is 16.4 Å². The largest absolute Gasteiger partial charge is 0.321 e. The van der Waals surface area contributed by atoms with Crippen molar-refractivity contribution in [2.24, 2.45) is 5.14 Å². The molecule has 2 rings (SSSR count). The van der Waals surface area contributed by atoms with E-state index in [1.807, 2.05) is 24.3 Å². The Morgan fingerprint density at radius 2 is 1.91 bits per heavy atom. The zero-order valence-electron chi connectivity index (χ0n) is 13.1. The summed E-state index contributed by atoms with van der Waals surface area (Å²) in [5, 5.41) is 7.88. The number of unbranched alkanes of at least 4 members (excludes halogenated alkanes) is 1. The van der Waals surface area contributed by atoms with E-state index in [0.717, 1.165) is 30.6 Å². The molecule has 1 heterocycles. The average Bonchev–Trinajstić information content (AvgIpc) is 2.89. The number of carbonyl (C=O) groups is 1. The van der Waals surface area contributed by atoms with Crippen LogP contribution < -0.4 is 10.5 Å². The molecule has 3 N–H and O–H groups in total. The number of carbonyl (C=O) groups excluding carboxylic acids is 1. The van der Waals surface area contributed by atoms with Crippen molar-refractivity contribution in [2.45, 2.75) is 37.3 Å². The third-order valence-corrected chi connectivity index (χ3v) is 6.07. The SMILES string of the molecule is CCCCc1ccc(NC(=O)c2sc(S(N)(=O)=O)cc2C)cc1. The van der Waals surface area contributed by atoms with Crippen LogP contribution in [0.3, 0.4) is 0 Å². The van der Waals surface area contributed by atoms with E-state index in [1.165, 1.54) is 11.6 Å². The van der Waals surface area contributed by atoms with Gasteiger partial charge in [0.2, 0.25) is 10.0 Å². The van der Waals surface area contributed by atoms with E-state index in [0.29, 0.717) is 16.1 Å². The first-order valence-electron chi connectivity index (χ1n) is 7.34. The molecule has 0 radical (unpaired) electrons. The van der Waals surface area contributed by atoms with Gasteiger partial charge in [-0.05, 0) is 49.1 Å². The molecule has 2 aromatic rings. The number of hydrogen-bond donors (Lipinski definition) is 2. The Morgan fingerprint density at radius 3 is 2.43 bits per heavy atom. The summed E-state index contributed by atoms with van der Waals surface area (Å²) < 4.78 is 22.7. The van der Waals surface area contributed by atoms with E-state index >= 15 is 0 Å². The number of nitrogens with two attached hydrogens (primary N) is 1. The predicted octanol–water partition coefficient (Wildman–Crippen LogP) is 3.30. The maximum absolute atomic E-state index is 12.3. The zero-order chi connectivity index (χ0) is 17.0. The molecule has 23 heavy (non-hydrogen) atoms. The van der Waals surface area contributed by atoms with Crippen LogP contribution in [0.1, 0.15) is 40.6 Å². The lowest BCUT2D eigenvalue weighted by atomic mass is 10.1. The minimum atomic E-state index is -3.79. The molecule has 1 amide bonds. The number of benzene rings is 1. The van der Waals surface area contributed by atoms with Crippen LogP contribution in [0.25, 0.3) is 0 Å². The van der Waals surface area contributed by atoms with Gasteiger partial charge in [0.15, 0.2) is 0 Å². The molecule has 5 nitrogen and oxygen atoms in total. The predicted molar refractivity (Wildman–Crippen MR) is 93.4 cm³/mol. The molecule has 1 aromatic carbocycles. The summed E-state index contributed by atoms with van der Waals surface area (Å²) in [4.78, 5) is 12.6. The van der Waals surface area contributed by atoms with Gasteiger partial charge in [0, 0.05) is 5.69 Å². The van der Waals surface area contributed by atoms with Gasteiger partial charge in [-0.15, -0.1) is 11.3 Å². The molecule has 0 bridgehead atoms. The minimum absolute atomic E-state index is 0.00457. The quantitative estimate of drug-likeness (QED) is 0.836. The third kappa shape index (κ3) is 4.63. The average molecular weight is 352 g/mol. The lowest BCUT2D eigenvalue weighted by Gasteiger charge is -2.06. The van der Waals surface area contributed by atoms with Crippen molar-refractivity contribution in [1.29, 1.82) is 0 Å². The molecule has 0 aliphatic heterocycles. The van der Waals surface area contributed by atoms with Crippen molar-refractivity contribution in [3.05, 3.63) is 46.3 Å². The van der Waals surface area contributed by atoms with E-state index in [-0.39, 0.29) is 10.1 Å². The fourth-order valence-corrected chi connectivity index (χ4v) is 4.00. The van der Waals surface area contributed by atoms with Crippen LogP contribution in [-0.4, -0.2) is 14.3 Å². The molecule has 0 aliphatic carbocycles. The molecule has 0 unspecified atom stereocenters. The van der Waals surface area contributed by atoms with Crippen LogP contribution in [0.15, 0.2) is 34.5 Å². The Labute approximate surface area is 140 Å². The highest BCUT2D eigenvalue weighted by Crippen LogP contribution is 2.26. The van der Waals surface area contributed by atoms with Crippen molar-refractivity contribution in [3.8, 4) is 0 Å². The number of rotatable bonds is 6. The third-order valence-electron chi connectivity index (χ3n) is 3.41. The first kappa shape index (κ1) is 17.7. The summed E-state index contributed by atoms with van der Waals surface area (Å²) in [6.07, 6.45) is 3.30. The van der Waals surface area contributed by atoms with Gasteiger partial charge in [-0.2, -0.15) is 0 Å². The summed E-state index contributed by atoms with van der Waals surface area (Å²) in [7, 11) is -3.79. The van der Waals surface area contributed by atoms with E-state index in [9.17, 15) is 13.2 Å². The van der Waals surface area contributed by atoms with Gasteiger partial charge in [0.1, 0.15) is 4.21 Å². The Hall–Kier alpha value is -1.70. The van der Waals surface area contributed by atoms with Gasteiger partial charge in [-0.1, -0.05) is 25.5 Å². The first-order chi connectivity index (χ1) is 10.8. The summed E-state index contributed by atoms with van der Waals surface area (Å²) in [6, 6.07) is 9.10. The van der Waals surface area contributed by atoms with Crippen molar-refractivity contribution in [3.63, 3.8) is 0 Å². The Balaban J connectivity index is 2.11. The highest BCUT2D eigenvalue weighted by atomic mass is 32.2. The van der Waals surface area contributed by atoms with Gasteiger partial charge < -0.3 is 5.32 Å². The second-order valence-corrected chi connectivity index (χ2v) is 8.22. The highest BCUT2D eigenvalue weighted by Gasteiger charge is 2.19. The van der Waals surface area contributed by atoms with E-state index < -0.39 is 10.0 Å². The summed E-state index contributed by atoms with van der Waals surface area (Å²) >= 11 is 0.883. The summed E-state index contributed by atoms with van der Waals surface area (Å²) in [5.41, 5.74) is 2.50. The van der Waals surface area contributed by atoms with Crippen LogP contribution in [0.2, 0.25) is 0 Å². The van der Waals surface area contributed by atoms with E-state index in [1.54, 1.807) is 6.92 Å². The number of thiophene rings is 1. The van der Waals surface area contributed by atoms with Gasteiger partial charge in [0.25, 0.3) is 5.91 Å². The lowest BCUT2D eigenvalue weighted by Crippen LogP contribution is -2.11. The smallest absolute Gasteiger partial charge is 0.266 e. The molecular formula is C16H20N2O3S2. The van der Waals surface area contributed by atoms with Crippen molar-refractivity contribution in [1.82, 2.24) is 0 Å². The molecule has 0 fully saturated rings. The summed E-state index contributed by atoms with van der Waals surface area (Å²) in [5.74, 6) is -0.330. The Bertz CT molecular complexity index is 793. The fourth-order valence-electron chi connectivity index (χ4n) is 2.14. The van der Waals surface area contributed by atoms with Gasteiger partial charge in [-0.25, -0.2) is 13.6 Å². The number of amides is 1. The van der Waals surface area contributed by atoms with Crippen LogP contribution in [0.4, 0.5) is 5.69 Å². The van der Waals surface area contributed by atoms with Crippen molar-refractivity contribution >= 4 is 33.0 Å². The molecule has 0 atom stereocenters. The molecule has 0 saturated carbocycles. The van der Waals surface area contributed by atoms with Crippen molar-refractivity contribution < 1.29 is 13.2 Å². The number of anilines is 1. The fraction of sp³-hybridized carbons (Fsp3) is 0.312. The molecule has 0 saturated heterocycles. The highest BCUT2D eigenvalue weighted by molar-refractivity contribution is 7.91. The minimum Gasteiger partial charge on any atom is -0.321 e. The Kier molecular flexibility index (Phi) is 5.56. The monoisotopic (exact) mass is 352 g/mol.